The lowest BCUT2D eigenvalue weighted by Crippen LogP contribution is -2.03. The molecule has 0 saturated heterocycles. The first-order valence-corrected chi connectivity index (χ1v) is 7.11. The van der Waals surface area contributed by atoms with Gasteiger partial charge < -0.3 is 9.47 Å². The second kappa shape index (κ2) is 11.3. The Morgan fingerprint density at radius 3 is 2.00 bits per heavy atom. The van der Waals surface area contributed by atoms with Gasteiger partial charge in [0.2, 0.25) is 0 Å². The van der Waals surface area contributed by atoms with E-state index < -0.39 is 6.16 Å². The first kappa shape index (κ1) is 18.5. The standard InChI is InChI=1S/C17H28O3/c1-14(2)8-6-9-15(3)10-7-11-16(4)12-13-20-17(18)19-5/h8,10,12H,6-7,9,11,13H2,1-5H3/b15-10+,16-12+. The van der Waals surface area contributed by atoms with Crippen LogP contribution in [0.4, 0.5) is 4.79 Å². The smallest absolute Gasteiger partial charge is 0.438 e. The Bertz CT molecular complexity index is 372. The maximum absolute atomic E-state index is 10.8. The molecule has 0 fully saturated rings. The molecule has 0 bridgehead atoms. The zero-order valence-corrected chi connectivity index (χ0v) is 13.5. The van der Waals surface area contributed by atoms with Crippen LogP contribution in [0.15, 0.2) is 34.9 Å². The lowest BCUT2D eigenvalue weighted by Gasteiger charge is -2.02. The molecule has 0 aliphatic rings. The number of methoxy groups -OCH3 is 1. The molecule has 114 valence electrons. The number of hydrogen-bond acceptors (Lipinski definition) is 3. The van der Waals surface area contributed by atoms with E-state index in [1.54, 1.807) is 0 Å². The number of hydrogen-bond donors (Lipinski definition) is 0. The summed E-state index contributed by atoms with van der Waals surface area (Å²) in [7, 11) is 1.31. The molecule has 3 heteroatoms. The SMILES string of the molecule is COC(=O)OC/C=C(\C)CC/C=C(\C)CCC=C(C)C. The molecular formula is C17H28O3. The zero-order valence-electron chi connectivity index (χ0n) is 13.5. The Balaban J connectivity index is 3.88. The number of allylic oxidation sites excluding steroid dienone is 5. The van der Waals surface area contributed by atoms with Gasteiger partial charge in [0.25, 0.3) is 0 Å². The molecule has 0 N–H and O–H groups in total. The van der Waals surface area contributed by atoms with Crippen molar-refractivity contribution >= 4 is 6.16 Å². The van der Waals surface area contributed by atoms with E-state index in [1.807, 2.05) is 13.0 Å². The third kappa shape index (κ3) is 11.6. The highest BCUT2D eigenvalue weighted by Crippen LogP contribution is 2.11. The topological polar surface area (TPSA) is 35.5 Å². The van der Waals surface area contributed by atoms with Gasteiger partial charge in [0.15, 0.2) is 0 Å². The van der Waals surface area contributed by atoms with Gasteiger partial charge in [0.1, 0.15) is 6.61 Å². The van der Waals surface area contributed by atoms with Crippen molar-refractivity contribution in [1.82, 2.24) is 0 Å². The fourth-order valence-corrected chi connectivity index (χ4v) is 1.65. The second-order valence-electron chi connectivity index (χ2n) is 5.22. The van der Waals surface area contributed by atoms with E-state index >= 15 is 0 Å². The average molecular weight is 280 g/mol. The van der Waals surface area contributed by atoms with Crippen LogP contribution in [0.5, 0.6) is 0 Å². The molecule has 0 amide bonds. The Labute approximate surface area is 123 Å². The van der Waals surface area contributed by atoms with Crippen molar-refractivity contribution in [3.05, 3.63) is 34.9 Å². The van der Waals surface area contributed by atoms with E-state index in [0.29, 0.717) is 0 Å². The minimum absolute atomic E-state index is 0.280. The largest absolute Gasteiger partial charge is 0.508 e. The van der Waals surface area contributed by atoms with Crippen molar-refractivity contribution in [2.24, 2.45) is 0 Å². The lowest BCUT2D eigenvalue weighted by molar-refractivity contribution is 0.0816. The lowest BCUT2D eigenvalue weighted by atomic mass is 10.1. The Morgan fingerprint density at radius 1 is 0.900 bits per heavy atom. The summed E-state index contributed by atoms with van der Waals surface area (Å²) in [5, 5.41) is 0. The van der Waals surface area contributed by atoms with Crippen molar-refractivity contribution < 1.29 is 14.3 Å². The molecule has 0 radical (unpaired) electrons. The van der Waals surface area contributed by atoms with Crippen LogP contribution in [-0.2, 0) is 9.47 Å². The summed E-state index contributed by atoms with van der Waals surface area (Å²) >= 11 is 0. The summed E-state index contributed by atoms with van der Waals surface area (Å²) in [5.41, 5.74) is 4.03. The monoisotopic (exact) mass is 280 g/mol. The van der Waals surface area contributed by atoms with Gasteiger partial charge in [-0.15, -0.1) is 0 Å². The van der Waals surface area contributed by atoms with Gasteiger partial charge in [0.05, 0.1) is 7.11 Å². The molecule has 0 rings (SSSR count). The van der Waals surface area contributed by atoms with Crippen molar-refractivity contribution in [1.29, 1.82) is 0 Å². The maximum Gasteiger partial charge on any atom is 0.508 e. The van der Waals surface area contributed by atoms with Crippen LogP contribution in [-0.4, -0.2) is 19.9 Å². The van der Waals surface area contributed by atoms with E-state index in [0.717, 1.165) is 25.7 Å². The third-order valence-electron chi connectivity index (χ3n) is 2.92. The maximum atomic E-state index is 10.8. The molecule has 20 heavy (non-hydrogen) atoms. The minimum Gasteiger partial charge on any atom is -0.438 e. The molecule has 0 aliphatic carbocycles. The molecule has 0 atom stereocenters. The van der Waals surface area contributed by atoms with E-state index in [1.165, 1.54) is 23.8 Å². The second-order valence-corrected chi connectivity index (χ2v) is 5.22. The van der Waals surface area contributed by atoms with Crippen LogP contribution in [0.1, 0.15) is 53.4 Å². The van der Waals surface area contributed by atoms with Crippen molar-refractivity contribution in [2.45, 2.75) is 53.4 Å². The fraction of sp³-hybridized carbons (Fsp3) is 0.588. The highest BCUT2D eigenvalue weighted by Gasteiger charge is 1.97. The van der Waals surface area contributed by atoms with Gasteiger partial charge in [-0.2, -0.15) is 0 Å². The number of ether oxygens (including phenoxy) is 2. The van der Waals surface area contributed by atoms with Crippen molar-refractivity contribution in [3.63, 3.8) is 0 Å². The minimum atomic E-state index is -0.635. The predicted molar refractivity (Wildman–Crippen MR) is 83.8 cm³/mol. The molecule has 0 aliphatic heterocycles. The van der Waals surface area contributed by atoms with Gasteiger partial charge in [-0.3, -0.25) is 0 Å². The van der Waals surface area contributed by atoms with Crippen molar-refractivity contribution in [3.8, 4) is 0 Å². The van der Waals surface area contributed by atoms with Crippen LogP contribution in [0.3, 0.4) is 0 Å². The molecular weight excluding hydrogens is 252 g/mol. The van der Waals surface area contributed by atoms with E-state index in [-0.39, 0.29) is 6.61 Å². The Kier molecular flexibility index (Phi) is 10.5. The Hall–Kier alpha value is -1.51. The first-order valence-electron chi connectivity index (χ1n) is 7.11. The number of rotatable bonds is 8. The summed E-state index contributed by atoms with van der Waals surface area (Å²) in [6.45, 7) is 8.76. The van der Waals surface area contributed by atoms with Crippen LogP contribution < -0.4 is 0 Å². The van der Waals surface area contributed by atoms with Gasteiger partial charge in [-0.05, 0) is 59.5 Å². The quantitative estimate of drug-likeness (QED) is 0.453. The predicted octanol–water partition coefficient (Wildman–Crippen LogP) is 5.19. The average Bonchev–Trinajstić information content (AvgIpc) is 2.38. The molecule has 0 aromatic heterocycles. The summed E-state index contributed by atoms with van der Waals surface area (Å²) in [6.07, 6.45) is 10.1. The van der Waals surface area contributed by atoms with E-state index in [2.05, 4.69) is 37.7 Å². The van der Waals surface area contributed by atoms with Gasteiger partial charge in [0, 0.05) is 0 Å². The summed E-state index contributed by atoms with van der Waals surface area (Å²) in [6, 6.07) is 0. The molecule has 0 aromatic carbocycles. The van der Waals surface area contributed by atoms with Gasteiger partial charge in [-0.25, -0.2) is 4.79 Å². The van der Waals surface area contributed by atoms with Crippen LogP contribution in [0.2, 0.25) is 0 Å². The molecule has 3 nitrogen and oxygen atoms in total. The van der Waals surface area contributed by atoms with Crippen LogP contribution in [0.25, 0.3) is 0 Å². The summed E-state index contributed by atoms with van der Waals surface area (Å²) in [5.74, 6) is 0. The van der Waals surface area contributed by atoms with E-state index in [9.17, 15) is 4.79 Å². The fourth-order valence-electron chi connectivity index (χ4n) is 1.65. The number of carbonyl (C=O) groups is 1. The molecule has 0 unspecified atom stereocenters. The molecule has 0 heterocycles. The first-order chi connectivity index (χ1) is 9.45. The van der Waals surface area contributed by atoms with Gasteiger partial charge in [-0.1, -0.05) is 28.9 Å². The number of carbonyl (C=O) groups excluding carboxylic acids is 1. The normalized spacial score (nSPS) is 12.1. The molecule has 0 saturated carbocycles. The van der Waals surface area contributed by atoms with Gasteiger partial charge >= 0.3 is 6.16 Å². The van der Waals surface area contributed by atoms with Crippen LogP contribution in [0, 0.1) is 0 Å². The highest BCUT2D eigenvalue weighted by molar-refractivity contribution is 5.59. The molecule has 0 spiro atoms. The van der Waals surface area contributed by atoms with Crippen LogP contribution >= 0.6 is 0 Å². The Morgan fingerprint density at radius 2 is 1.45 bits per heavy atom. The summed E-state index contributed by atoms with van der Waals surface area (Å²) in [4.78, 5) is 10.8. The van der Waals surface area contributed by atoms with E-state index in [4.69, 9.17) is 4.74 Å². The summed E-state index contributed by atoms with van der Waals surface area (Å²) < 4.78 is 9.20. The van der Waals surface area contributed by atoms with Crippen molar-refractivity contribution in [2.75, 3.05) is 13.7 Å². The zero-order chi connectivity index (χ0) is 15.4. The highest BCUT2D eigenvalue weighted by atomic mass is 16.7. The molecule has 0 aromatic rings. The third-order valence-corrected chi connectivity index (χ3v) is 2.92.